The van der Waals surface area contributed by atoms with Gasteiger partial charge >= 0.3 is 5.97 Å². The van der Waals surface area contributed by atoms with Crippen LogP contribution in [0.1, 0.15) is 77.2 Å². The highest BCUT2D eigenvalue weighted by atomic mass is 32.2. The molecule has 0 saturated carbocycles. The zero-order valence-corrected chi connectivity index (χ0v) is 25.2. The van der Waals surface area contributed by atoms with E-state index in [9.17, 15) is 36.9 Å². The number of unbranched alkanes of at least 4 members (excludes halogenated alkanes) is 2. The Labute approximate surface area is 250 Å². The molecule has 1 aromatic carbocycles. The number of nitrogens with two attached hydrogens (primary N) is 1. The molecule has 2 heterocycles. The minimum absolute atomic E-state index is 0.0138. The molecule has 0 spiro atoms. The van der Waals surface area contributed by atoms with Crippen molar-refractivity contribution in [2.45, 2.75) is 88.0 Å². The number of carbonyl (C=O) groups excluding carboxylic acids is 5. The third kappa shape index (κ3) is 8.29. The Hall–Kier alpha value is -4.04. The lowest BCUT2D eigenvalue weighted by Gasteiger charge is -2.27. The van der Waals surface area contributed by atoms with Gasteiger partial charge in [-0.25, -0.2) is 4.79 Å². The monoisotopic (exact) mass is 618 g/mol. The first-order valence-corrected chi connectivity index (χ1v) is 15.5. The van der Waals surface area contributed by atoms with Gasteiger partial charge in [-0.05, 0) is 55.5 Å². The van der Waals surface area contributed by atoms with Gasteiger partial charge in [0.05, 0.1) is 4.90 Å². The fraction of sp³-hybridized carbons (Fsp3) is 0.483. The zero-order chi connectivity index (χ0) is 31.9. The first kappa shape index (κ1) is 33.5. The summed E-state index contributed by atoms with van der Waals surface area (Å²) in [6.07, 6.45) is 5.64. The molecular weight excluding hydrogens is 580 g/mol. The number of amides is 4. The third-order valence-electron chi connectivity index (χ3n) is 7.47. The van der Waals surface area contributed by atoms with Crippen LogP contribution in [-0.4, -0.2) is 60.2 Å². The van der Waals surface area contributed by atoms with Crippen LogP contribution in [0.4, 0.5) is 5.69 Å². The predicted molar refractivity (Wildman–Crippen MR) is 156 cm³/mol. The highest BCUT2D eigenvalue weighted by Gasteiger charge is 2.40. The minimum Gasteiger partial charge on any atom is -0.368 e. The summed E-state index contributed by atoms with van der Waals surface area (Å²) in [7, 11) is -4.36. The number of nitrogens with one attached hydrogen (secondary N) is 1. The van der Waals surface area contributed by atoms with Gasteiger partial charge in [-0.1, -0.05) is 32.9 Å². The molecule has 13 nitrogen and oxygen atoms in total. The second-order valence-corrected chi connectivity index (χ2v) is 12.4. The molecule has 1 fully saturated rings. The van der Waals surface area contributed by atoms with Crippen molar-refractivity contribution in [3.63, 3.8) is 0 Å². The molecule has 1 atom stereocenters. The van der Waals surface area contributed by atoms with Crippen molar-refractivity contribution in [3.8, 4) is 0 Å². The zero-order valence-electron chi connectivity index (χ0n) is 24.3. The molecule has 1 saturated heterocycles. The van der Waals surface area contributed by atoms with E-state index in [1.807, 2.05) is 19.9 Å². The van der Waals surface area contributed by atoms with Gasteiger partial charge in [0.25, 0.3) is 21.9 Å². The highest BCUT2D eigenvalue weighted by molar-refractivity contribution is 7.85. The van der Waals surface area contributed by atoms with E-state index in [1.54, 1.807) is 12.1 Å². The Morgan fingerprint density at radius 2 is 1.79 bits per heavy atom. The Morgan fingerprint density at radius 1 is 1.12 bits per heavy atom. The maximum absolute atomic E-state index is 12.5. The number of fused-ring (bicyclic) bond motifs is 1. The van der Waals surface area contributed by atoms with E-state index in [-0.39, 0.29) is 49.3 Å². The van der Waals surface area contributed by atoms with Gasteiger partial charge in [-0.2, -0.15) is 8.42 Å². The number of imide groups is 1. The van der Waals surface area contributed by atoms with Crippen molar-refractivity contribution in [1.29, 1.82) is 0 Å². The number of hydroxylamine groups is 2. The summed E-state index contributed by atoms with van der Waals surface area (Å²) in [6.45, 7) is 8.32. The quantitative estimate of drug-likeness (QED) is 0.149. The number of rotatable bonds is 15. The SMILES string of the molecule is C=C/C=C1\N(CCCCCC(=O)NC(CCCC(=O)ON2C(=O)CCC2=O)C(N)=O)c2ccc(S(=O)(=O)O)cc2C1(C)C. The topological polar surface area (TPSA) is 193 Å². The average molecular weight is 619 g/mol. The summed E-state index contributed by atoms with van der Waals surface area (Å²) in [4.78, 5) is 66.1. The number of benzene rings is 1. The summed E-state index contributed by atoms with van der Waals surface area (Å²) in [6, 6.07) is 3.54. The van der Waals surface area contributed by atoms with Crippen LogP contribution >= 0.6 is 0 Å². The van der Waals surface area contributed by atoms with E-state index in [4.69, 9.17) is 10.6 Å². The summed E-state index contributed by atoms with van der Waals surface area (Å²) in [5.74, 6) is -3.08. The molecule has 43 heavy (non-hydrogen) atoms. The van der Waals surface area contributed by atoms with Gasteiger partial charge in [0.2, 0.25) is 11.8 Å². The van der Waals surface area contributed by atoms with Crippen LogP contribution in [-0.2, 0) is 44.3 Å². The van der Waals surface area contributed by atoms with Crippen molar-refractivity contribution in [2.75, 3.05) is 11.4 Å². The molecule has 0 bridgehead atoms. The molecule has 4 N–H and O–H groups in total. The van der Waals surface area contributed by atoms with Crippen LogP contribution < -0.4 is 16.0 Å². The molecule has 4 amide bonds. The number of primary amides is 1. The molecular formula is C29H38N4O9S. The Kier molecular flexibility index (Phi) is 10.9. The van der Waals surface area contributed by atoms with E-state index in [1.165, 1.54) is 12.1 Å². The van der Waals surface area contributed by atoms with Gasteiger partial charge in [0.1, 0.15) is 6.04 Å². The highest BCUT2D eigenvalue weighted by Crippen LogP contribution is 2.48. The largest absolute Gasteiger partial charge is 0.368 e. The van der Waals surface area contributed by atoms with Crippen LogP contribution in [0, 0.1) is 0 Å². The summed E-state index contributed by atoms with van der Waals surface area (Å²) in [5, 5.41) is 3.04. The average Bonchev–Trinajstić information content (AvgIpc) is 3.34. The van der Waals surface area contributed by atoms with Crippen LogP contribution in [0.15, 0.2) is 47.5 Å². The van der Waals surface area contributed by atoms with Crippen LogP contribution in [0.3, 0.4) is 0 Å². The van der Waals surface area contributed by atoms with E-state index in [2.05, 4.69) is 16.8 Å². The first-order chi connectivity index (χ1) is 20.2. The van der Waals surface area contributed by atoms with Crippen LogP contribution in [0.2, 0.25) is 0 Å². The Morgan fingerprint density at radius 3 is 2.40 bits per heavy atom. The van der Waals surface area contributed by atoms with E-state index in [0.29, 0.717) is 30.9 Å². The van der Waals surface area contributed by atoms with Crippen molar-refractivity contribution >= 4 is 45.4 Å². The van der Waals surface area contributed by atoms with E-state index >= 15 is 0 Å². The van der Waals surface area contributed by atoms with Gasteiger partial charge in [0.15, 0.2) is 0 Å². The molecule has 234 valence electrons. The molecule has 1 aromatic rings. The molecule has 2 aliphatic rings. The van der Waals surface area contributed by atoms with E-state index in [0.717, 1.165) is 16.9 Å². The number of nitrogens with zero attached hydrogens (tertiary/aromatic N) is 2. The van der Waals surface area contributed by atoms with Gasteiger partial charge < -0.3 is 20.8 Å². The molecule has 0 radical (unpaired) electrons. The van der Waals surface area contributed by atoms with Crippen LogP contribution in [0.5, 0.6) is 0 Å². The second-order valence-electron chi connectivity index (χ2n) is 11.0. The number of carbonyl (C=O) groups is 5. The minimum atomic E-state index is -4.36. The van der Waals surface area contributed by atoms with E-state index < -0.39 is 45.3 Å². The molecule has 3 rings (SSSR count). The lowest BCUT2D eigenvalue weighted by molar-refractivity contribution is -0.197. The van der Waals surface area contributed by atoms with Gasteiger partial charge in [0, 0.05) is 49.0 Å². The molecule has 1 unspecified atom stereocenters. The summed E-state index contributed by atoms with van der Waals surface area (Å²) >= 11 is 0. The maximum atomic E-state index is 12.5. The second kappa shape index (κ2) is 14.0. The molecule has 2 aliphatic heterocycles. The smallest absolute Gasteiger partial charge is 0.333 e. The Bertz CT molecular complexity index is 1420. The first-order valence-electron chi connectivity index (χ1n) is 14.0. The van der Waals surface area contributed by atoms with Crippen molar-refractivity contribution in [2.24, 2.45) is 5.73 Å². The number of hydrogen-bond acceptors (Lipinski definition) is 9. The summed E-state index contributed by atoms with van der Waals surface area (Å²) in [5.41, 5.74) is 7.40. The van der Waals surface area contributed by atoms with Gasteiger partial charge in [-0.3, -0.25) is 23.7 Å². The third-order valence-corrected chi connectivity index (χ3v) is 8.32. The lowest BCUT2D eigenvalue weighted by Crippen LogP contribution is -2.44. The van der Waals surface area contributed by atoms with Crippen molar-refractivity contribution in [1.82, 2.24) is 10.4 Å². The molecule has 14 heteroatoms. The summed E-state index contributed by atoms with van der Waals surface area (Å²) < 4.78 is 32.9. The van der Waals surface area contributed by atoms with Crippen molar-refractivity contribution < 1.29 is 41.8 Å². The van der Waals surface area contributed by atoms with Gasteiger partial charge in [-0.15, -0.1) is 5.06 Å². The fourth-order valence-electron chi connectivity index (χ4n) is 5.21. The van der Waals surface area contributed by atoms with Crippen LogP contribution in [0.25, 0.3) is 0 Å². The van der Waals surface area contributed by atoms with Crippen molar-refractivity contribution in [3.05, 3.63) is 48.2 Å². The maximum Gasteiger partial charge on any atom is 0.333 e. The predicted octanol–water partition coefficient (Wildman–Crippen LogP) is 2.41. The fourth-order valence-corrected chi connectivity index (χ4v) is 5.71. The number of allylic oxidation sites excluding steroid dienone is 3. The molecule has 0 aliphatic carbocycles. The molecule has 0 aromatic heterocycles. The standard InChI is InChI=1S/C29H38N4O9S/c1-4-9-23-29(2,3)20-18-19(43(39,40)41)13-14-22(20)32(23)17-7-5-6-11-24(34)31-21(28(30)38)10-8-12-27(37)42-33-25(35)15-16-26(33)36/h4,9,13-14,18,21H,1,5-8,10-12,15-17H2,2-3H3,(H2,30,38)(H,31,34)(H,39,40,41)/b23-9-. The number of anilines is 1. The normalized spacial score (nSPS) is 17.6. The Balaban J connectivity index is 1.46. The number of hydrogen-bond donors (Lipinski definition) is 3. The lowest BCUT2D eigenvalue weighted by atomic mass is 9.84.